The fourth-order valence-corrected chi connectivity index (χ4v) is 2.05. The van der Waals surface area contributed by atoms with Crippen LogP contribution in [-0.2, 0) is 0 Å². The Morgan fingerprint density at radius 1 is 1.13 bits per heavy atom. The van der Waals surface area contributed by atoms with Crippen LogP contribution in [-0.4, -0.2) is 43.5 Å². The van der Waals surface area contributed by atoms with Crippen molar-refractivity contribution >= 4 is 0 Å². The first-order valence-corrected chi connectivity index (χ1v) is 5.31. The number of hydrogen-bond acceptors (Lipinski definition) is 2. The van der Waals surface area contributed by atoms with Gasteiger partial charge >= 0.3 is 0 Å². The highest BCUT2D eigenvalue weighted by atomic mass is 19.1. The van der Waals surface area contributed by atoms with E-state index >= 15 is 0 Å². The van der Waals surface area contributed by atoms with E-state index in [1.807, 2.05) is 12.1 Å². The molecule has 0 bridgehead atoms. The van der Waals surface area contributed by atoms with Gasteiger partial charge in [-0.25, -0.2) is 4.39 Å². The van der Waals surface area contributed by atoms with E-state index < -0.39 is 0 Å². The zero-order valence-corrected chi connectivity index (χ0v) is 9.28. The molecular weight excluding hydrogens is 191 g/mol. The van der Waals surface area contributed by atoms with Crippen molar-refractivity contribution in [3.63, 3.8) is 0 Å². The van der Waals surface area contributed by atoms with Crippen LogP contribution in [0, 0.1) is 5.82 Å². The molecule has 1 heterocycles. The average Bonchev–Trinajstić information content (AvgIpc) is 2.23. The summed E-state index contributed by atoms with van der Waals surface area (Å²) in [4.78, 5) is 4.64. The molecule has 1 saturated heterocycles. The summed E-state index contributed by atoms with van der Waals surface area (Å²) in [6.07, 6.45) is 0. The lowest BCUT2D eigenvalue weighted by molar-refractivity contribution is 0.115. The van der Waals surface area contributed by atoms with Gasteiger partial charge in [-0.05, 0) is 31.8 Å². The van der Waals surface area contributed by atoms with Crippen molar-refractivity contribution in [1.29, 1.82) is 0 Å². The molecule has 0 aromatic heterocycles. The van der Waals surface area contributed by atoms with Gasteiger partial charge in [-0.2, -0.15) is 0 Å². The largest absolute Gasteiger partial charge is 0.303 e. The van der Waals surface area contributed by atoms with Crippen LogP contribution < -0.4 is 0 Å². The molecular formula is C12H17FN2. The maximum atomic E-state index is 12.8. The zero-order chi connectivity index (χ0) is 10.8. The molecule has 0 radical (unpaired) electrons. The molecule has 1 aliphatic rings. The summed E-state index contributed by atoms with van der Waals surface area (Å²) < 4.78 is 12.8. The van der Waals surface area contributed by atoms with E-state index in [0.29, 0.717) is 6.04 Å². The van der Waals surface area contributed by atoms with Crippen molar-refractivity contribution in [2.75, 3.05) is 33.7 Å². The zero-order valence-electron chi connectivity index (χ0n) is 9.28. The Balaban J connectivity index is 2.17. The number of piperazine rings is 1. The molecule has 0 amide bonds. The lowest BCUT2D eigenvalue weighted by Crippen LogP contribution is -2.44. The predicted octanol–water partition coefficient (Wildman–Crippen LogP) is 1.74. The fraction of sp³-hybridized carbons (Fsp3) is 0.500. The van der Waals surface area contributed by atoms with Gasteiger partial charge in [0.05, 0.1) is 0 Å². The Bertz CT molecular complexity index is 323. The SMILES string of the molecule is CN1CCN(C)C(c2ccc(F)cc2)C1. The summed E-state index contributed by atoms with van der Waals surface area (Å²) in [6.45, 7) is 3.19. The fourth-order valence-electron chi connectivity index (χ4n) is 2.05. The molecule has 82 valence electrons. The highest BCUT2D eigenvalue weighted by Gasteiger charge is 2.23. The number of nitrogens with zero attached hydrogens (tertiary/aromatic N) is 2. The van der Waals surface area contributed by atoms with Crippen LogP contribution in [0.1, 0.15) is 11.6 Å². The second-order valence-corrected chi connectivity index (χ2v) is 4.31. The van der Waals surface area contributed by atoms with Crippen LogP contribution in [0.25, 0.3) is 0 Å². The van der Waals surface area contributed by atoms with Crippen molar-refractivity contribution in [2.45, 2.75) is 6.04 Å². The normalized spacial score (nSPS) is 24.3. The third-order valence-electron chi connectivity index (χ3n) is 3.11. The molecule has 0 aliphatic carbocycles. The Labute approximate surface area is 90.3 Å². The number of hydrogen-bond donors (Lipinski definition) is 0. The minimum atomic E-state index is -0.162. The summed E-state index contributed by atoms with van der Waals surface area (Å²) in [7, 11) is 4.25. The van der Waals surface area contributed by atoms with Crippen molar-refractivity contribution in [1.82, 2.24) is 9.80 Å². The molecule has 0 saturated carbocycles. The van der Waals surface area contributed by atoms with Gasteiger partial charge in [0.15, 0.2) is 0 Å². The summed E-state index contributed by atoms with van der Waals surface area (Å²) >= 11 is 0. The molecule has 3 heteroatoms. The van der Waals surface area contributed by atoms with Crippen LogP contribution in [0.2, 0.25) is 0 Å². The van der Waals surface area contributed by atoms with E-state index in [9.17, 15) is 4.39 Å². The Kier molecular flexibility index (Phi) is 3.03. The molecule has 1 aromatic carbocycles. The molecule has 1 unspecified atom stereocenters. The average molecular weight is 208 g/mol. The first kappa shape index (κ1) is 10.6. The summed E-state index contributed by atoms with van der Waals surface area (Å²) in [5, 5.41) is 0. The van der Waals surface area contributed by atoms with Gasteiger partial charge in [0.1, 0.15) is 5.82 Å². The lowest BCUT2D eigenvalue weighted by Gasteiger charge is -2.37. The topological polar surface area (TPSA) is 6.48 Å². The van der Waals surface area contributed by atoms with E-state index in [4.69, 9.17) is 0 Å². The van der Waals surface area contributed by atoms with Crippen molar-refractivity contribution in [3.05, 3.63) is 35.6 Å². The van der Waals surface area contributed by atoms with Crippen molar-refractivity contribution in [2.24, 2.45) is 0 Å². The molecule has 0 N–H and O–H groups in total. The van der Waals surface area contributed by atoms with Crippen LogP contribution in [0.5, 0.6) is 0 Å². The highest BCUT2D eigenvalue weighted by Crippen LogP contribution is 2.23. The smallest absolute Gasteiger partial charge is 0.123 e. The van der Waals surface area contributed by atoms with Gasteiger partial charge in [0.2, 0.25) is 0 Å². The van der Waals surface area contributed by atoms with E-state index in [0.717, 1.165) is 19.6 Å². The quantitative estimate of drug-likeness (QED) is 0.693. The van der Waals surface area contributed by atoms with Crippen LogP contribution in [0.3, 0.4) is 0 Å². The lowest BCUT2D eigenvalue weighted by atomic mass is 10.0. The molecule has 1 aromatic rings. The third-order valence-corrected chi connectivity index (χ3v) is 3.11. The number of halogens is 1. The minimum absolute atomic E-state index is 0.162. The second kappa shape index (κ2) is 4.29. The minimum Gasteiger partial charge on any atom is -0.303 e. The van der Waals surface area contributed by atoms with Crippen LogP contribution in [0.15, 0.2) is 24.3 Å². The standard InChI is InChI=1S/C12H17FN2/c1-14-7-8-15(2)12(9-14)10-3-5-11(13)6-4-10/h3-6,12H,7-9H2,1-2H3. The summed E-state index contributed by atoms with van der Waals surface area (Å²) in [6, 6.07) is 7.24. The van der Waals surface area contributed by atoms with E-state index in [1.165, 1.54) is 17.7 Å². The van der Waals surface area contributed by atoms with E-state index in [1.54, 1.807) is 0 Å². The molecule has 1 aliphatic heterocycles. The Hall–Kier alpha value is -0.930. The molecule has 1 atom stereocenters. The third kappa shape index (κ3) is 2.36. The highest BCUT2D eigenvalue weighted by molar-refractivity contribution is 5.20. The predicted molar refractivity (Wildman–Crippen MR) is 59.3 cm³/mol. The van der Waals surface area contributed by atoms with Gasteiger partial charge in [0.25, 0.3) is 0 Å². The van der Waals surface area contributed by atoms with Gasteiger partial charge < -0.3 is 4.90 Å². The maximum Gasteiger partial charge on any atom is 0.123 e. The number of rotatable bonds is 1. The Morgan fingerprint density at radius 2 is 1.80 bits per heavy atom. The van der Waals surface area contributed by atoms with Gasteiger partial charge in [-0.3, -0.25) is 4.90 Å². The number of benzene rings is 1. The van der Waals surface area contributed by atoms with E-state index in [-0.39, 0.29) is 5.82 Å². The number of likely N-dealkylation sites (N-methyl/N-ethyl adjacent to an activating group) is 2. The van der Waals surface area contributed by atoms with Gasteiger partial charge in [-0.15, -0.1) is 0 Å². The van der Waals surface area contributed by atoms with Gasteiger partial charge in [0, 0.05) is 25.7 Å². The van der Waals surface area contributed by atoms with Gasteiger partial charge in [-0.1, -0.05) is 12.1 Å². The first-order chi connectivity index (χ1) is 7.16. The molecule has 1 fully saturated rings. The molecule has 0 spiro atoms. The second-order valence-electron chi connectivity index (χ2n) is 4.31. The van der Waals surface area contributed by atoms with Crippen molar-refractivity contribution < 1.29 is 4.39 Å². The summed E-state index contributed by atoms with van der Waals surface area (Å²) in [5.41, 5.74) is 1.20. The molecule has 2 rings (SSSR count). The first-order valence-electron chi connectivity index (χ1n) is 5.31. The van der Waals surface area contributed by atoms with Crippen LogP contribution in [0.4, 0.5) is 4.39 Å². The monoisotopic (exact) mass is 208 g/mol. The summed E-state index contributed by atoms with van der Waals surface area (Å²) in [5.74, 6) is -0.162. The Morgan fingerprint density at radius 3 is 2.47 bits per heavy atom. The van der Waals surface area contributed by atoms with Crippen molar-refractivity contribution in [3.8, 4) is 0 Å². The molecule has 2 nitrogen and oxygen atoms in total. The van der Waals surface area contributed by atoms with Crippen LogP contribution >= 0.6 is 0 Å². The maximum absolute atomic E-state index is 12.8. The van der Waals surface area contributed by atoms with E-state index in [2.05, 4.69) is 23.9 Å². The molecule has 15 heavy (non-hydrogen) atoms.